The van der Waals surface area contributed by atoms with Crippen molar-refractivity contribution in [2.45, 2.75) is 31.9 Å². The molecule has 0 amide bonds. The summed E-state index contributed by atoms with van der Waals surface area (Å²) in [5, 5.41) is 0. The van der Waals surface area contributed by atoms with E-state index in [1.807, 2.05) is 19.1 Å². The van der Waals surface area contributed by atoms with E-state index in [0.717, 1.165) is 24.2 Å². The number of rotatable bonds is 3. The third-order valence-electron chi connectivity index (χ3n) is 3.30. The molecular weight excluding hydrogens is 205 g/mol. The lowest BCUT2D eigenvalue weighted by atomic mass is 9.89. The molecule has 88 valence electrons. The Morgan fingerprint density at radius 1 is 1.50 bits per heavy atom. The van der Waals surface area contributed by atoms with E-state index in [0.29, 0.717) is 18.6 Å². The van der Waals surface area contributed by atoms with Gasteiger partial charge in [0.15, 0.2) is 5.67 Å². The molecule has 1 atom stereocenters. The lowest BCUT2D eigenvalue weighted by Gasteiger charge is -2.28. The van der Waals surface area contributed by atoms with E-state index in [-0.39, 0.29) is 6.54 Å². The zero-order valence-corrected chi connectivity index (χ0v) is 9.63. The van der Waals surface area contributed by atoms with Crippen LogP contribution in [0.5, 0.6) is 5.75 Å². The van der Waals surface area contributed by atoms with Crippen molar-refractivity contribution in [1.29, 1.82) is 0 Å². The van der Waals surface area contributed by atoms with Gasteiger partial charge in [-0.3, -0.25) is 0 Å². The molecule has 0 radical (unpaired) electrons. The van der Waals surface area contributed by atoms with E-state index in [1.165, 1.54) is 0 Å². The summed E-state index contributed by atoms with van der Waals surface area (Å²) in [7, 11) is 0. The molecule has 1 aromatic carbocycles. The normalized spacial score (nSPS) is 18.4. The van der Waals surface area contributed by atoms with Gasteiger partial charge in [0.25, 0.3) is 0 Å². The average molecular weight is 223 g/mol. The lowest BCUT2D eigenvalue weighted by Crippen LogP contribution is -2.31. The Kier molecular flexibility index (Phi) is 3.15. The predicted molar refractivity (Wildman–Crippen MR) is 62.4 cm³/mol. The molecule has 0 aliphatic carbocycles. The second-order valence-electron chi connectivity index (χ2n) is 4.27. The van der Waals surface area contributed by atoms with Crippen molar-refractivity contribution < 1.29 is 9.13 Å². The van der Waals surface area contributed by atoms with Crippen LogP contribution in [0.2, 0.25) is 0 Å². The Labute approximate surface area is 95.6 Å². The number of benzene rings is 1. The van der Waals surface area contributed by atoms with Gasteiger partial charge in [-0.15, -0.1) is 0 Å². The van der Waals surface area contributed by atoms with Gasteiger partial charge in [-0.25, -0.2) is 4.39 Å². The molecule has 0 spiro atoms. The Morgan fingerprint density at radius 2 is 2.31 bits per heavy atom. The summed E-state index contributed by atoms with van der Waals surface area (Å²) in [5.41, 5.74) is 5.82. The first-order chi connectivity index (χ1) is 7.71. The Bertz CT molecular complexity index is 374. The summed E-state index contributed by atoms with van der Waals surface area (Å²) in [6, 6.07) is 5.69. The Balaban J connectivity index is 2.48. The number of hydrogen-bond donors (Lipinski definition) is 1. The first-order valence-electron chi connectivity index (χ1n) is 5.85. The third-order valence-corrected chi connectivity index (χ3v) is 3.30. The number of nitrogens with two attached hydrogens (primary N) is 1. The quantitative estimate of drug-likeness (QED) is 0.854. The maximum atomic E-state index is 14.6. The summed E-state index contributed by atoms with van der Waals surface area (Å²) < 4.78 is 20.2. The highest BCUT2D eigenvalue weighted by Crippen LogP contribution is 2.39. The van der Waals surface area contributed by atoms with Gasteiger partial charge in [0.05, 0.1) is 6.61 Å². The minimum atomic E-state index is -1.46. The van der Waals surface area contributed by atoms with Crippen LogP contribution in [0, 0.1) is 0 Å². The van der Waals surface area contributed by atoms with E-state index in [1.54, 1.807) is 6.07 Å². The molecule has 0 saturated carbocycles. The van der Waals surface area contributed by atoms with Crippen molar-refractivity contribution in [2.24, 2.45) is 5.73 Å². The minimum Gasteiger partial charge on any atom is -0.493 e. The molecule has 2 rings (SSSR count). The number of aryl methyl sites for hydroxylation is 1. The summed E-state index contributed by atoms with van der Waals surface area (Å²) in [6.45, 7) is 2.49. The Hall–Kier alpha value is -1.09. The lowest BCUT2D eigenvalue weighted by molar-refractivity contribution is 0.158. The van der Waals surface area contributed by atoms with E-state index in [9.17, 15) is 4.39 Å². The van der Waals surface area contributed by atoms with Crippen molar-refractivity contribution >= 4 is 0 Å². The van der Waals surface area contributed by atoms with Gasteiger partial charge in [0.1, 0.15) is 5.75 Å². The topological polar surface area (TPSA) is 35.2 Å². The molecule has 1 aliphatic rings. The second-order valence-corrected chi connectivity index (χ2v) is 4.27. The number of ether oxygens (including phenoxy) is 1. The zero-order chi connectivity index (χ0) is 11.6. The van der Waals surface area contributed by atoms with Crippen molar-refractivity contribution in [3.8, 4) is 5.75 Å². The minimum absolute atomic E-state index is 0.00329. The predicted octanol–water partition coefficient (Wildman–Crippen LogP) is 2.55. The van der Waals surface area contributed by atoms with E-state index < -0.39 is 5.67 Å². The summed E-state index contributed by atoms with van der Waals surface area (Å²) >= 11 is 0. The first kappa shape index (κ1) is 11.4. The standard InChI is InChI=1S/C13H18FNO/c1-2-13(14,9-15)11-7-3-5-10-6-4-8-16-12(10)11/h3,5,7H,2,4,6,8-9,15H2,1H3. The molecule has 0 aromatic heterocycles. The van der Waals surface area contributed by atoms with Crippen LogP contribution in [0.25, 0.3) is 0 Å². The highest BCUT2D eigenvalue weighted by molar-refractivity contribution is 5.46. The molecule has 0 bridgehead atoms. The van der Waals surface area contributed by atoms with Crippen molar-refractivity contribution in [1.82, 2.24) is 0 Å². The maximum absolute atomic E-state index is 14.6. The highest BCUT2D eigenvalue weighted by atomic mass is 19.1. The summed E-state index contributed by atoms with van der Waals surface area (Å²) in [6.07, 6.45) is 2.35. The van der Waals surface area contributed by atoms with Crippen LogP contribution >= 0.6 is 0 Å². The fraction of sp³-hybridized carbons (Fsp3) is 0.538. The fourth-order valence-corrected chi connectivity index (χ4v) is 2.19. The number of para-hydroxylation sites is 1. The van der Waals surface area contributed by atoms with Gasteiger partial charge in [0, 0.05) is 12.1 Å². The highest BCUT2D eigenvalue weighted by Gasteiger charge is 2.33. The zero-order valence-electron chi connectivity index (χ0n) is 9.63. The molecule has 2 nitrogen and oxygen atoms in total. The average Bonchev–Trinajstić information content (AvgIpc) is 2.37. The van der Waals surface area contributed by atoms with Crippen molar-refractivity contribution in [3.05, 3.63) is 29.3 Å². The van der Waals surface area contributed by atoms with Crippen LogP contribution in [-0.2, 0) is 12.1 Å². The van der Waals surface area contributed by atoms with Crippen molar-refractivity contribution in [2.75, 3.05) is 13.2 Å². The second kappa shape index (κ2) is 4.42. The molecule has 1 heterocycles. The number of fused-ring (bicyclic) bond motifs is 1. The van der Waals surface area contributed by atoms with Gasteiger partial charge in [0.2, 0.25) is 0 Å². The van der Waals surface area contributed by atoms with Crippen LogP contribution < -0.4 is 10.5 Å². The fourth-order valence-electron chi connectivity index (χ4n) is 2.19. The van der Waals surface area contributed by atoms with E-state index in [2.05, 4.69) is 0 Å². The smallest absolute Gasteiger partial charge is 0.151 e. The SMILES string of the molecule is CCC(F)(CN)c1cccc2c1OCCC2. The van der Waals surface area contributed by atoms with Crippen LogP contribution in [0.1, 0.15) is 30.9 Å². The van der Waals surface area contributed by atoms with Gasteiger partial charge < -0.3 is 10.5 Å². The molecular formula is C13H18FNO. The van der Waals surface area contributed by atoms with Gasteiger partial charge in [-0.2, -0.15) is 0 Å². The van der Waals surface area contributed by atoms with E-state index in [4.69, 9.17) is 10.5 Å². The van der Waals surface area contributed by atoms with Gasteiger partial charge in [-0.1, -0.05) is 25.1 Å². The summed E-state index contributed by atoms with van der Waals surface area (Å²) in [5.74, 6) is 0.726. The Morgan fingerprint density at radius 3 is 3.00 bits per heavy atom. The summed E-state index contributed by atoms with van der Waals surface area (Å²) in [4.78, 5) is 0. The molecule has 1 unspecified atom stereocenters. The third kappa shape index (κ3) is 1.80. The van der Waals surface area contributed by atoms with Gasteiger partial charge in [-0.05, 0) is 24.8 Å². The van der Waals surface area contributed by atoms with Crippen LogP contribution in [0.15, 0.2) is 18.2 Å². The largest absolute Gasteiger partial charge is 0.493 e. The number of halogens is 1. The number of alkyl halides is 1. The van der Waals surface area contributed by atoms with Crippen LogP contribution in [-0.4, -0.2) is 13.2 Å². The number of hydrogen-bond acceptors (Lipinski definition) is 2. The molecule has 0 saturated heterocycles. The van der Waals surface area contributed by atoms with Crippen LogP contribution in [0.4, 0.5) is 4.39 Å². The van der Waals surface area contributed by atoms with E-state index >= 15 is 0 Å². The molecule has 16 heavy (non-hydrogen) atoms. The van der Waals surface area contributed by atoms with Crippen LogP contribution in [0.3, 0.4) is 0 Å². The van der Waals surface area contributed by atoms with Gasteiger partial charge >= 0.3 is 0 Å². The first-order valence-corrected chi connectivity index (χ1v) is 5.85. The molecule has 1 aliphatic heterocycles. The van der Waals surface area contributed by atoms with Crippen molar-refractivity contribution in [3.63, 3.8) is 0 Å². The molecule has 2 N–H and O–H groups in total. The molecule has 0 fully saturated rings. The molecule has 3 heteroatoms. The maximum Gasteiger partial charge on any atom is 0.151 e. The molecule has 1 aromatic rings. The monoisotopic (exact) mass is 223 g/mol.